The van der Waals surface area contributed by atoms with Gasteiger partial charge in [-0.15, -0.1) is 0 Å². The number of amidine groups is 1. The molecule has 1 aromatic heterocycles. The molecule has 0 aliphatic heterocycles. The number of phenols is 1. The van der Waals surface area contributed by atoms with Gasteiger partial charge in [-0.2, -0.15) is 0 Å². The molecular formula is C31H31N7O7. The maximum absolute atomic E-state index is 13.3. The van der Waals surface area contributed by atoms with E-state index in [9.17, 15) is 29.6 Å². The topological polar surface area (TPSA) is 202 Å². The van der Waals surface area contributed by atoms with Crippen LogP contribution in [0.1, 0.15) is 30.5 Å². The average Bonchev–Trinajstić information content (AvgIpc) is 3.01. The molecule has 14 heteroatoms. The Labute approximate surface area is 257 Å². The number of amides is 2. The van der Waals surface area contributed by atoms with Gasteiger partial charge in [0.2, 0.25) is 5.91 Å². The molecule has 0 fully saturated rings. The van der Waals surface area contributed by atoms with Gasteiger partial charge in [0.1, 0.15) is 24.7 Å². The van der Waals surface area contributed by atoms with E-state index in [2.05, 4.69) is 20.9 Å². The number of hydrogen-bond donors (Lipinski definition) is 5. The zero-order valence-corrected chi connectivity index (χ0v) is 24.4. The van der Waals surface area contributed by atoms with Crippen molar-refractivity contribution in [2.75, 3.05) is 5.32 Å². The van der Waals surface area contributed by atoms with Crippen molar-refractivity contribution in [3.8, 4) is 17.0 Å². The van der Waals surface area contributed by atoms with Crippen LogP contribution < -0.4 is 21.5 Å². The number of rotatable bonds is 11. The number of phenolic OH excluding ortho intramolecular Hbond substituents is 1. The van der Waals surface area contributed by atoms with E-state index in [1.54, 1.807) is 24.3 Å². The van der Waals surface area contributed by atoms with Gasteiger partial charge < -0.3 is 20.5 Å². The number of ether oxygens (including phenoxy) is 1. The normalized spacial score (nSPS) is 10.6. The van der Waals surface area contributed by atoms with E-state index >= 15 is 0 Å². The molecule has 45 heavy (non-hydrogen) atoms. The van der Waals surface area contributed by atoms with E-state index in [-0.39, 0.29) is 47.9 Å². The maximum atomic E-state index is 13.3. The summed E-state index contributed by atoms with van der Waals surface area (Å²) in [4.78, 5) is 53.2. The molecule has 3 aromatic carbocycles. The molecular weight excluding hydrogens is 582 g/mol. The van der Waals surface area contributed by atoms with E-state index in [1.807, 2.05) is 44.2 Å². The number of aromatic nitrogens is 2. The fraction of sp³-hybridized carbons (Fsp3) is 0.194. The second-order valence-electron chi connectivity index (χ2n) is 10.2. The lowest BCUT2D eigenvalue weighted by molar-refractivity contribution is -0.384. The van der Waals surface area contributed by atoms with Crippen LogP contribution in [0.15, 0.2) is 83.8 Å². The Morgan fingerprint density at radius 2 is 1.78 bits per heavy atom. The lowest BCUT2D eigenvalue weighted by atomic mass is 10.1. The summed E-state index contributed by atoms with van der Waals surface area (Å²) in [6, 6.07) is 18.9. The minimum absolute atomic E-state index is 0.00760. The van der Waals surface area contributed by atoms with Gasteiger partial charge in [0.15, 0.2) is 5.82 Å². The number of nitrogens with zero attached hydrogens (tertiary/aromatic N) is 3. The van der Waals surface area contributed by atoms with Gasteiger partial charge in [-0.05, 0) is 31.0 Å². The first-order valence-electron chi connectivity index (χ1n) is 13.8. The highest BCUT2D eigenvalue weighted by Gasteiger charge is 2.19. The number of nitro groups is 1. The monoisotopic (exact) mass is 613 g/mol. The van der Waals surface area contributed by atoms with Crippen LogP contribution in [0.4, 0.5) is 16.3 Å². The van der Waals surface area contributed by atoms with Crippen molar-refractivity contribution < 1.29 is 24.4 Å². The van der Waals surface area contributed by atoms with Crippen LogP contribution in [-0.4, -0.2) is 43.5 Å². The molecule has 0 radical (unpaired) electrons. The third kappa shape index (κ3) is 8.73. The molecule has 14 nitrogen and oxygen atoms in total. The molecule has 4 aromatic rings. The zero-order chi connectivity index (χ0) is 32.5. The van der Waals surface area contributed by atoms with Crippen LogP contribution in [-0.2, 0) is 29.2 Å². The third-order valence-electron chi connectivity index (χ3n) is 6.36. The first-order valence-corrected chi connectivity index (χ1v) is 13.8. The Morgan fingerprint density at radius 1 is 1.07 bits per heavy atom. The smallest absolute Gasteiger partial charge is 0.413 e. The first-order chi connectivity index (χ1) is 21.5. The fourth-order valence-electron chi connectivity index (χ4n) is 4.22. The van der Waals surface area contributed by atoms with E-state index in [1.165, 1.54) is 18.3 Å². The summed E-state index contributed by atoms with van der Waals surface area (Å²) in [6.07, 6.45) is 0.537. The van der Waals surface area contributed by atoms with Crippen molar-refractivity contribution in [3.63, 3.8) is 0 Å². The molecule has 4 rings (SSSR count). The summed E-state index contributed by atoms with van der Waals surface area (Å²) in [5.74, 6) is -1.09. The highest BCUT2D eigenvalue weighted by atomic mass is 16.6. The Morgan fingerprint density at radius 3 is 2.44 bits per heavy atom. The Hall–Kier alpha value is -6.05. The Bertz CT molecular complexity index is 1770. The van der Waals surface area contributed by atoms with Gasteiger partial charge in [-0.25, -0.2) is 9.78 Å². The number of carbonyl (C=O) groups is 2. The van der Waals surface area contributed by atoms with Crippen molar-refractivity contribution in [2.24, 2.45) is 0 Å². The highest BCUT2D eigenvalue weighted by molar-refractivity contribution is 6.04. The number of non-ortho nitro benzene ring substituents is 1. The molecule has 2 amide bonds. The second kappa shape index (κ2) is 14.4. The highest BCUT2D eigenvalue weighted by Crippen LogP contribution is 2.28. The van der Waals surface area contributed by atoms with E-state index in [0.29, 0.717) is 11.1 Å². The van der Waals surface area contributed by atoms with Gasteiger partial charge in [0.05, 0.1) is 22.9 Å². The number of carbonyl (C=O) groups excluding carboxylic acids is 2. The number of anilines is 1. The molecule has 0 atom stereocenters. The summed E-state index contributed by atoms with van der Waals surface area (Å²) >= 11 is 0. The molecule has 0 unspecified atom stereocenters. The molecule has 0 aliphatic rings. The number of nitrogens with one attached hydrogen (secondary N) is 4. The number of aromatic hydroxyl groups is 1. The predicted molar refractivity (Wildman–Crippen MR) is 166 cm³/mol. The van der Waals surface area contributed by atoms with Gasteiger partial charge in [-0.1, -0.05) is 54.6 Å². The summed E-state index contributed by atoms with van der Waals surface area (Å²) in [5.41, 5.74) is 1.12. The molecule has 5 N–H and O–H groups in total. The van der Waals surface area contributed by atoms with Gasteiger partial charge in [-0.3, -0.25) is 35.0 Å². The summed E-state index contributed by atoms with van der Waals surface area (Å²) in [6.45, 7) is 3.33. The number of nitro benzene ring substituents is 1. The molecule has 232 valence electrons. The van der Waals surface area contributed by atoms with Crippen LogP contribution in [0.5, 0.6) is 5.75 Å². The lowest BCUT2D eigenvalue weighted by Gasteiger charge is -2.16. The SMILES string of the molecule is CC(C)Nc1ncc(-c2cc(O)cc([N+](=O)[O-])c2)n(CC(=O)NCc2ccc(C(=N)NC(=O)OCc3ccccc3)cc2)c1=O. The van der Waals surface area contributed by atoms with Gasteiger partial charge in [0.25, 0.3) is 11.2 Å². The van der Waals surface area contributed by atoms with Crippen LogP contribution in [0.25, 0.3) is 11.3 Å². The van der Waals surface area contributed by atoms with Gasteiger partial charge >= 0.3 is 6.09 Å². The Kier molecular flexibility index (Phi) is 10.2. The molecule has 0 saturated heterocycles. The van der Waals surface area contributed by atoms with Gasteiger partial charge in [0, 0.05) is 29.8 Å². The van der Waals surface area contributed by atoms with Crippen LogP contribution in [0.2, 0.25) is 0 Å². The fourth-order valence-corrected chi connectivity index (χ4v) is 4.22. The first kappa shape index (κ1) is 31.9. The zero-order valence-electron chi connectivity index (χ0n) is 24.4. The standard InChI is InChI=1S/C31H31N7O7/c1-19(2)35-29-30(41)37(26(16-34-29)23-12-24(38(43)44)14-25(39)13-23)17-27(40)33-15-20-8-10-22(11-9-20)28(32)36-31(42)45-18-21-6-4-3-5-7-21/h3-14,16,19,39H,15,17-18H2,1-2H3,(H,33,40)(H,34,35)(H2,32,36,42). The van der Waals surface area contributed by atoms with Crippen LogP contribution >= 0.6 is 0 Å². The van der Waals surface area contributed by atoms with Crippen molar-refractivity contribution in [1.29, 1.82) is 5.41 Å². The van der Waals surface area contributed by atoms with Crippen molar-refractivity contribution in [3.05, 3.63) is 116 Å². The minimum Gasteiger partial charge on any atom is -0.508 e. The largest absolute Gasteiger partial charge is 0.508 e. The summed E-state index contributed by atoms with van der Waals surface area (Å²) < 4.78 is 6.26. The number of hydrogen-bond acceptors (Lipinski definition) is 10. The molecule has 0 aliphatic carbocycles. The molecule has 0 saturated carbocycles. The summed E-state index contributed by atoms with van der Waals surface area (Å²) in [5, 5.41) is 37.6. The van der Waals surface area contributed by atoms with Crippen molar-refractivity contribution >= 4 is 29.3 Å². The van der Waals surface area contributed by atoms with Crippen molar-refractivity contribution in [2.45, 2.75) is 39.6 Å². The molecule has 1 heterocycles. The van der Waals surface area contributed by atoms with E-state index < -0.39 is 34.7 Å². The molecule has 0 bridgehead atoms. The van der Waals surface area contributed by atoms with Crippen LogP contribution in [0.3, 0.4) is 0 Å². The lowest BCUT2D eigenvalue weighted by Crippen LogP contribution is -2.35. The second-order valence-corrected chi connectivity index (χ2v) is 10.2. The minimum atomic E-state index is -0.766. The van der Waals surface area contributed by atoms with Crippen LogP contribution in [0, 0.1) is 15.5 Å². The van der Waals surface area contributed by atoms with Crippen molar-refractivity contribution in [1.82, 2.24) is 20.2 Å². The number of benzene rings is 3. The number of alkyl carbamates (subject to hydrolysis) is 1. The quantitative estimate of drug-likeness (QED) is 0.0719. The summed E-state index contributed by atoms with van der Waals surface area (Å²) in [7, 11) is 0. The predicted octanol–water partition coefficient (Wildman–Crippen LogP) is 3.91. The molecule has 0 spiro atoms. The van der Waals surface area contributed by atoms with E-state index in [4.69, 9.17) is 10.1 Å². The average molecular weight is 614 g/mol. The van der Waals surface area contributed by atoms with E-state index in [0.717, 1.165) is 16.2 Å². The Balaban J connectivity index is 1.42. The maximum Gasteiger partial charge on any atom is 0.413 e. The third-order valence-corrected chi connectivity index (χ3v) is 6.36.